The highest BCUT2D eigenvalue weighted by Crippen LogP contribution is 2.29. The van der Waals surface area contributed by atoms with Crippen LogP contribution >= 0.6 is 11.6 Å². The molecular weight excluding hydrogens is 200 g/mol. The highest BCUT2D eigenvalue weighted by Gasteiger charge is 2.18. The van der Waals surface area contributed by atoms with Crippen LogP contribution in [0.15, 0.2) is 0 Å². The molecule has 1 aromatic rings. The van der Waals surface area contributed by atoms with Gasteiger partial charge in [0.1, 0.15) is 16.7 Å². The maximum Gasteiger partial charge on any atom is 0.153 e. The molecule has 0 amide bonds. The molecular formula is C9H13ClN4. The van der Waals surface area contributed by atoms with E-state index in [1.165, 1.54) is 12.8 Å². The van der Waals surface area contributed by atoms with Crippen molar-refractivity contribution >= 4 is 23.2 Å². The fourth-order valence-electron chi connectivity index (χ4n) is 1.70. The molecule has 1 aliphatic rings. The van der Waals surface area contributed by atoms with Gasteiger partial charge in [-0.25, -0.2) is 9.97 Å². The molecule has 0 saturated carbocycles. The molecule has 0 radical (unpaired) electrons. The van der Waals surface area contributed by atoms with E-state index >= 15 is 0 Å². The third-order valence-corrected chi connectivity index (χ3v) is 2.74. The predicted octanol–water partition coefficient (Wildman–Crippen LogP) is 1.62. The van der Waals surface area contributed by atoms with Crippen LogP contribution in [-0.2, 0) is 0 Å². The van der Waals surface area contributed by atoms with E-state index in [0.29, 0.717) is 16.7 Å². The minimum atomic E-state index is 0.376. The average Bonchev–Trinajstić information content (AvgIpc) is 2.63. The van der Waals surface area contributed by atoms with Crippen molar-refractivity contribution in [3.63, 3.8) is 0 Å². The largest absolute Gasteiger partial charge is 0.382 e. The Morgan fingerprint density at radius 2 is 1.93 bits per heavy atom. The van der Waals surface area contributed by atoms with Crippen molar-refractivity contribution < 1.29 is 0 Å². The zero-order chi connectivity index (χ0) is 10.1. The topological polar surface area (TPSA) is 55.0 Å². The van der Waals surface area contributed by atoms with Crippen molar-refractivity contribution in [1.82, 2.24) is 9.97 Å². The van der Waals surface area contributed by atoms with Gasteiger partial charge in [0.25, 0.3) is 0 Å². The molecule has 0 atom stereocenters. The molecule has 0 bridgehead atoms. The van der Waals surface area contributed by atoms with E-state index in [1.807, 2.05) is 6.92 Å². The number of aryl methyl sites for hydroxylation is 1. The Bertz CT molecular complexity index is 347. The first-order valence-corrected chi connectivity index (χ1v) is 5.11. The minimum absolute atomic E-state index is 0.376. The van der Waals surface area contributed by atoms with Gasteiger partial charge in [0, 0.05) is 13.1 Å². The lowest BCUT2D eigenvalue weighted by Gasteiger charge is -2.18. The molecule has 2 rings (SSSR count). The molecule has 14 heavy (non-hydrogen) atoms. The number of hydrogen-bond donors (Lipinski definition) is 1. The Kier molecular flexibility index (Phi) is 2.46. The van der Waals surface area contributed by atoms with Crippen LogP contribution in [0, 0.1) is 6.92 Å². The van der Waals surface area contributed by atoms with Crippen molar-refractivity contribution in [2.45, 2.75) is 19.8 Å². The lowest BCUT2D eigenvalue weighted by Crippen LogP contribution is -2.20. The van der Waals surface area contributed by atoms with Crippen molar-refractivity contribution in [1.29, 1.82) is 0 Å². The molecule has 0 aromatic carbocycles. The lowest BCUT2D eigenvalue weighted by atomic mass is 10.4. The number of aromatic nitrogens is 2. The third-order valence-electron chi connectivity index (χ3n) is 2.38. The molecule has 5 heteroatoms. The van der Waals surface area contributed by atoms with Gasteiger partial charge >= 0.3 is 0 Å². The van der Waals surface area contributed by atoms with Crippen LogP contribution in [0.25, 0.3) is 0 Å². The maximum atomic E-state index is 6.05. The lowest BCUT2D eigenvalue weighted by molar-refractivity contribution is 0.913. The zero-order valence-electron chi connectivity index (χ0n) is 8.13. The van der Waals surface area contributed by atoms with Gasteiger partial charge < -0.3 is 10.6 Å². The van der Waals surface area contributed by atoms with Gasteiger partial charge in [-0.15, -0.1) is 0 Å². The highest BCUT2D eigenvalue weighted by molar-refractivity contribution is 6.35. The van der Waals surface area contributed by atoms with E-state index in [9.17, 15) is 0 Å². The van der Waals surface area contributed by atoms with Gasteiger partial charge in [-0.2, -0.15) is 0 Å². The van der Waals surface area contributed by atoms with Crippen molar-refractivity contribution in [3.05, 3.63) is 10.8 Å². The van der Waals surface area contributed by atoms with Crippen molar-refractivity contribution in [2.24, 2.45) is 0 Å². The van der Waals surface area contributed by atoms with Crippen LogP contribution in [-0.4, -0.2) is 23.1 Å². The fraction of sp³-hybridized carbons (Fsp3) is 0.556. The smallest absolute Gasteiger partial charge is 0.153 e. The van der Waals surface area contributed by atoms with Crippen LogP contribution in [0.3, 0.4) is 0 Å². The van der Waals surface area contributed by atoms with E-state index in [-0.39, 0.29) is 0 Å². The van der Waals surface area contributed by atoms with Gasteiger partial charge in [-0.05, 0) is 19.8 Å². The maximum absolute atomic E-state index is 6.05. The summed E-state index contributed by atoms with van der Waals surface area (Å²) in [5.74, 6) is 1.84. The molecule has 1 saturated heterocycles. The van der Waals surface area contributed by atoms with Crippen molar-refractivity contribution in [2.75, 3.05) is 23.7 Å². The van der Waals surface area contributed by atoms with Crippen LogP contribution in [0.2, 0.25) is 5.02 Å². The summed E-state index contributed by atoms with van der Waals surface area (Å²) in [6.45, 7) is 3.84. The van der Waals surface area contributed by atoms with E-state index in [2.05, 4.69) is 14.9 Å². The van der Waals surface area contributed by atoms with Gasteiger partial charge in [0.05, 0.1) is 0 Å². The molecule has 0 unspecified atom stereocenters. The average molecular weight is 213 g/mol. The number of nitrogens with zero attached hydrogens (tertiary/aromatic N) is 3. The first-order valence-electron chi connectivity index (χ1n) is 4.73. The molecule has 76 valence electrons. The first kappa shape index (κ1) is 9.52. The summed E-state index contributed by atoms with van der Waals surface area (Å²) >= 11 is 6.05. The number of anilines is 2. The zero-order valence-corrected chi connectivity index (χ0v) is 8.88. The minimum Gasteiger partial charge on any atom is -0.382 e. The number of nitrogens with two attached hydrogens (primary N) is 1. The van der Waals surface area contributed by atoms with E-state index in [0.717, 1.165) is 18.9 Å². The van der Waals surface area contributed by atoms with Gasteiger partial charge in [0.15, 0.2) is 5.82 Å². The second-order valence-electron chi connectivity index (χ2n) is 3.49. The SMILES string of the molecule is Cc1nc(N)c(Cl)c(N2CCCC2)n1. The van der Waals surface area contributed by atoms with Crippen molar-refractivity contribution in [3.8, 4) is 0 Å². The Hall–Kier alpha value is -1.03. The molecule has 1 aliphatic heterocycles. The summed E-state index contributed by atoms with van der Waals surface area (Å²) in [6.07, 6.45) is 2.39. The fourth-order valence-corrected chi connectivity index (χ4v) is 1.91. The normalized spacial score (nSPS) is 16.3. The van der Waals surface area contributed by atoms with Crippen LogP contribution in [0.5, 0.6) is 0 Å². The Morgan fingerprint density at radius 3 is 2.57 bits per heavy atom. The molecule has 1 aromatic heterocycles. The van der Waals surface area contributed by atoms with Gasteiger partial charge in [0.2, 0.25) is 0 Å². The molecule has 2 N–H and O–H groups in total. The predicted molar refractivity (Wildman–Crippen MR) is 57.6 cm³/mol. The molecule has 0 spiro atoms. The Labute approximate surface area is 88.1 Å². The Morgan fingerprint density at radius 1 is 1.29 bits per heavy atom. The summed E-state index contributed by atoms with van der Waals surface area (Å²) in [5, 5.41) is 0.484. The summed E-state index contributed by atoms with van der Waals surface area (Å²) in [4.78, 5) is 10.5. The van der Waals surface area contributed by atoms with E-state index < -0.39 is 0 Å². The molecule has 0 aliphatic carbocycles. The Balaban J connectivity index is 2.40. The number of rotatable bonds is 1. The van der Waals surface area contributed by atoms with Crippen LogP contribution < -0.4 is 10.6 Å². The number of nitrogen functional groups attached to an aromatic ring is 1. The summed E-state index contributed by atoms with van der Waals surface area (Å²) in [6, 6.07) is 0. The number of halogens is 1. The highest BCUT2D eigenvalue weighted by atomic mass is 35.5. The van der Waals surface area contributed by atoms with Gasteiger partial charge in [-0.3, -0.25) is 0 Å². The van der Waals surface area contributed by atoms with E-state index in [1.54, 1.807) is 0 Å². The first-order chi connectivity index (χ1) is 6.68. The number of hydrogen-bond acceptors (Lipinski definition) is 4. The molecule has 2 heterocycles. The monoisotopic (exact) mass is 212 g/mol. The quantitative estimate of drug-likeness (QED) is 0.769. The van der Waals surface area contributed by atoms with Crippen LogP contribution in [0.1, 0.15) is 18.7 Å². The molecule has 4 nitrogen and oxygen atoms in total. The second-order valence-corrected chi connectivity index (χ2v) is 3.87. The van der Waals surface area contributed by atoms with E-state index in [4.69, 9.17) is 17.3 Å². The summed E-state index contributed by atoms with van der Waals surface area (Å²) in [7, 11) is 0. The summed E-state index contributed by atoms with van der Waals surface area (Å²) < 4.78 is 0. The van der Waals surface area contributed by atoms with Gasteiger partial charge in [-0.1, -0.05) is 11.6 Å². The standard InChI is InChI=1S/C9H13ClN4/c1-6-12-8(11)7(10)9(13-6)14-4-2-3-5-14/h2-5H2,1H3,(H2,11,12,13). The van der Waals surface area contributed by atoms with Crippen LogP contribution in [0.4, 0.5) is 11.6 Å². The summed E-state index contributed by atoms with van der Waals surface area (Å²) in [5.41, 5.74) is 5.68. The third kappa shape index (κ3) is 1.62. The second kappa shape index (κ2) is 3.61. The molecule has 1 fully saturated rings.